The molecule has 0 aromatic heterocycles. The van der Waals surface area contributed by atoms with Crippen LogP contribution in [-0.4, -0.2) is 57.1 Å². The number of hydrogen-bond acceptors (Lipinski definition) is 3. The Bertz CT molecular complexity index is 685. The number of nitrogens with one attached hydrogen (secondary N) is 1. The lowest BCUT2D eigenvalue weighted by Gasteiger charge is -2.23. The average Bonchev–Trinajstić information content (AvgIpc) is 2.64. The summed E-state index contributed by atoms with van der Waals surface area (Å²) in [5.41, 5.74) is 2.38. The van der Waals surface area contributed by atoms with E-state index >= 15 is 0 Å². The summed E-state index contributed by atoms with van der Waals surface area (Å²) in [6.45, 7) is 3.04. The Balaban J connectivity index is 1.93. The van der Waals surface area contributed by atoms with Crippen LogP contribution < -0.4 is 10.1 Å². The molecule has 0 aliphatic heterocycles. The summed E-state index contributed by atoms with van der Waals surface area (Å²) >= 11 is 0. The monoisotopic (exact) mass is 354 g/mol. The zero-order chi connectivity index (χ0) is 18.8. The fourth-order valence-corrected chi connectivity index (χ4v) is 2.62. The topological polar surface area (TPSA) is 40.1 Å². The van der Waals surface area contributed by atoms with Gasteiger partial charge in [0.05, 0.1) is 0 Å². The van der Waals surface area contributed by atoms with E-state index < -0.39 is 0 Å². The van der Waals surface area contributed by atoms with Crippen molar-refractivity contribution in [2.24, 2.45) is 4.99 Å². The minimum Gasteiger partial charge on any atom is -0.492 e. The standard InChI is InChI=1S/C21H30N4O/c1-22-21(25(4)17-18-10-6-5-7-11-18)23-16-19-12-8-9-13-20(19)26-15-14-24(2)3/h5-13H,14-17H2,1-4H3,(H,22,23). The zero-order valence-electron chi connectivity index (χ0n) is 16.3. The third-order valence-corrected chi connectivity index (χ3v) is 4.04. The van der Waals surface area contributed by atoms with Crippen molar-refractivity contribution in [2.75, 3.05) is 41.3 Å². The SMILES string of the molecule is CN=C(NCc1ccccc1OCCN(C)C)N(C)Cc1ccccc1. The number of benzene rings is 2. The molecule has 0 bridgehead atoms. The number of para-hydroxylation sites is 1. The maximum atomic E-state index is 5.93. The molecule has 0 unspecified atom stereocenters. The van der Waals surface area contributed by atoms with Crippen molar-refractivity contribution in [3.05, 3.63) is 65.7 Å². The highest BCUT2D eigenvalue weighted by Gasteiger charge is 2.09. The summed E-state index contributed by atoms with van der Waals surface area (Å²) in [6.07, 6.45) is 0. The smallest absolute Gasteiger partial charge is 0.193 e. The molecule has 1 N–H and O–H groups in total. The van der Waals surface area contributed by atoms with Crippen molar-refractivity contribution in [3.8, 4) is 5.75 Å². The van der Waals surface area contributed by atoms with Crippen molar-refractivity contribution in [1.82, 2.24) is 15.1 Å². The van der Waals surface area contributed by atoms with Crippen LogP contribution in [0, 0.1) is 0 Å². The van der Waals surface area contributed by atoms with Crippen LogP contribution in [0.3, 0.4) is 0 Å². The van der Waals surface area contributed by atoms with Gasteiger partial charge in [-0.05, 0) is 25.7 Å². The van der Waals surface area contributed by atoms with E-state index in [1.165, 1.54) is 5.56 Å². The van der Waals surface area contributed by atoms with Gasteiger partial charge < -0.3 is 19.9 Å². The van der Waals surface area contributed by atoms with E-state index in [9.17, 15) is 0 Å². The first-order chi connectivity index (χ1) is 12.6. The van der Waals surface area contributed by atoms with Gasteiger partial charge in [0, 0.05) is 39.3 Å². The molecular formula is C21H30N4O. The predicted molar refractivity (Wildman–Crippen MR) is 109 cm³/mol. The quantitative estimate of drug-likeness (QED) is 0.585. The summed E-state index contributed by atoms with van der Waals surface area (Å²) in [4.78, 5) is 8.63. The van der Waals surface area contributed by atoms with Gasteiger partial charge in [-0.3, -0.25) is 4.99 Å². The molecule has 140 valence electrons. The highest BCUT2D eigenvalue weighted by atomic mass is 16.5. The normalized spacial score (nSPS) is 11.5. The Labute approximate surface area is 157 Å². The number of nitrogens with zero attached hydrogens (tertiary/aromatic N) is 3. The summed E-state index contributed by atoms with van der Waals surface area (Å²) in [6, 6.07) is 18.5. The van der Waals surface area contributed by atoms with Gasteiger partial charge in [-0.1, -0.05) is 48.5 Å². The van der Waals surface area contributed by atoms with Gasteiger partial charge in [0.15, 0.2) is 5.96 Å². The molecule has 0 aliphatic rings. The molecule has 2 aromatic rings. The Morgan fingerprint density at radius 2 is 1.69 bits per heavy atom. The van der Waals surface area contributed by atoms with Crippen LogP contribution in [0.25, 0.3) is 0 Å². The van der Waals surface area contributed by atoms with E-state index in [2.05, 4.69) is 50.4 Å². The third kappa shape index (κ3) is 6.41. The molecule has 2 aromatic carbocycles. The van der Waals surface area contributed by atoms with E-state index in [0.29, 0.717) is 13.2 Å². The second kappa shape index (κ2) is 10.5. The van der Waals surface area contributed by atoms with Crippen LogP contribution >= 0.6 is 0 Å². The van der Waals surface area contributed by atoms with Gasteiger partial charge in [-0.2, -0.15) is 0 Å². The van der Waals surface area contributed by atoms with Crippen molar-refractivity contribution in [2.45, 2.75) is 13.1 Å². The Morgan fingerprint density at radius 1 is 1.00 bits per heavy atom. The lowest BCUT2D eigenvalue weighted by Crippen LogP contribution is -2.38. The van der Waals surface area contributed by atoms with Crippen molar-refractivity contribution in [3.63, 3.8) is 0 Å². The average molecular weight is 354 g/mol. The first-order valence-electron chi connectivity index (χ1n) is 8.91. The molecule has 5 nitrogen and oxygen atoms in total. The first-order valence-corrected chi connectivity index (χ1v) is 8.91. The number of rotatable bonds is 8. The van der Waals surface area contributed by atoms with Gasteiger partial charge >= 0.3 is 0 Å². The van der Waals surface area contributed by atoms with Gasteiger partial charge in [0.25, 0.3) is 0 Å². The van der Waals surface area contributed by atoms with Crippen molar-refractivity contribution in [1.29, 1.82) is 0 Å². The fourth-order valence-electron chi connectivity index (χ4n) is 2.62. The lowest BCUT2D eigenvalue weighted by molar-refractivity contribution is 0.259. The summed E-state index contributed by atoms with van der Waals surface area (Å²) in [5.74, 6) is 1.78. The lowest BCUT2D eigenvalue weighted by atomic mass is 10.2. The van der Waals surface area contributed by atoms with E-state index in [4.69, 9.17) is 4.74 Å². The van der Waals surface area contributed by atoms with Crippen LogP contribution in [-0.2, 0) is 13.1 Å². The minimum absolute atomic E-state index is 0.671. The molecular weight excluding hydrogens is 324 g/mol. The maximum Gasteiger partial charge on any atom is 0.193 e. The van der Waals surface area contributed by atoms with E-state index in [1.54, 1.807) is 0 Å². The number of ether oxygens (including phenoxy) is 1. The van der Waals surface area contributed by atoms with Crippen LogP contribution in [0.15, 0.2) is 59.6 Å². The molecule has 5 heteroatoms. The highest BCUT2D eigenvalue weighted by Crippen LogP contribution is 2.17. The van der Waals surface area contributed by atoms with Gasteiger partial charge in [0.1, 0.15) is 12.4 Å². The third-order valence-electron chi connectivity index (χ3n) is 4.04. The van der Waals surface area contributed by atoms with Crippen LogP contribution in [0.5, 0.6) is 5.75 Å². The maximum absolute atomic E-state index is 5.93. The summed E-state index contributed by atoms with van der Waals surface area (Å²) < 4.78 is 5.93. The molecule has 0 spiro atoms. The Kier molecular flexibility index (Phi) is 7.96. The largest absolute Gasteiger partial charge is 0.492 e. The van der Waals surface area contributed by atoms with Gasteiger partial charge in [-0.25, -0.2) is 0 Å². The predicted octanol–water partition coefficient (Wildman–Crippen LogP) is 2.83. The van der Waals surface area contributed by atoms with Gasteiger partial charge in [0.2, 0.25) is 0 Å². The number of aliphatic imine (C=N–C) groups is 1. The zero-order valence-corrected chi connectivity index (χ0v) is 16.3. The summed E-state index contributed by atoms with van der Waals surface area (Å²) in [5, 5.41) is 3.43. The molecule has 0 aliphatic carbocycles. The minimum atomic E-state index is 0.671. The molecule has 0 radical (unpaired) electrons. The van der Waals surface area contributed by atoms with Crippen molar-refractivity contribution >= 4 is 5.96 Å². The number of likely N-dealkylation sites (N-methyl/N-ethyl adjacent to an activating group) is 1. The van der Waals surface area contributed by atoms with E-state index in [0.717, 1.165) is 30.4 Å². The fraction of sp³-hybridized carbons (Fsp3) is 0.381. The van der Waals surface area contributed by atoms with Crippen LogP contribution in [0.4, 0.5) is 0 Å². The first kappa shape index (κ1) is 19.8. The second-order valence-corrected chi connectivity index (χ2v) is 6.50. The molecule has 0 heterocycles. The van der Waals surface area contributed by atoms with Crippen molar-refractivity contribution < 1.29 is 4.74 Å². The molecule has 0 atom stereocenters. The van der Waals surface area contributed by atoms with E-state index in [-0.39, 0.29) is 0 Å². The van der Waals surface area contributed by atoms with Gasteiger partial charge in [-0.15, -0.1) is 0 Å². The molecule has 0 amide bonds. The highest BCUT2D eigenvalue weighted by molar-refractivity contribution is 5.79. The number of hydrogen-bond donors (Lipinski definition) is 1. The number of guanidine groups is 1. The van der Waals surface area contributed by atoms with Crippen LogP contribution in [0.1, 0.15) is 11.1 Å². The van der Waals surface area contributed by atoms with Crippen LogP contribution in [0.2, 0.25) is 0 Å². The molecule has 0 fully saturated rings. The molecule has 0 saturated carbocycles. The summed E-state index contributed by atoms with van der Waals surface area (Å²) in [7, 11) is 7.94. The molecule has 2 rings (SSSR count). The Morgan fingerprint density at radius 3 is 2.38 bits per heavy atom. The molecule has 26 heavy (non-hydrogen) atoms. The second-order valence-electron chi connectivity index (χ2n) is 6.50. The Hall–Kier alpha value is -2.53. The molecule has 0 saturated heterocycles. The van der Waals surface area contributed by atoms with E-state index in [1.807, 2.05) is 52.5 Å².